The van der Waals surface area contributed by atoms with E-state index in [9.17, 15) is 0 Å². The van der Waals surface area contributed by atoms with Crippen molar-refractivity contribution in [1.29, 1.82) is 0 Å². The lowest BCUT2D eigenvalue weighted by Gasteiger charge is -2.21. The molecule has 144 valence electrons. The smallest absolute Gasteiger partial charge is 0.0662 e. The highest BCUT2D eigenvalue weighted by molar-refractivity contribution is 6.38. The van der Waals surface area contributed by atoms with Crippen molar-refractivity contribution in [2.24, 2.45) is 5.73 Å². The molecule has 1 heterocycles. The SMILES string of the molecule is CCN(CC)c1ccc(-c2[nH]c3c(Cl)cc(Cl)cc3c2CCCCN)cc1. The summed E-state index contributed by atoms with van der Waals surface area (Å²) in [6.45, 7) is 7.06. The molecule has 0 fully saturated rings. The fourth-order valence-corrected chi connectivity index (χ4v) is 4.19. The van der Waals surface area contributed by atoms with Crippen LogP contribution in [0.15, 0.2) is 36.4 Å². The fourth-order valence-electron chi connectivity index (χ4n) is 3.65. The predicted octanol–water partition coefficient (Wildman–Crippen LogP) is 6.27. The zero-order valence-corrected chi connectivity index (χ0v) is 17.5. The minimum Gasteiger partial charge on any atom is -0.372 e. The largest absolute Gasteiger partial charge is 0.372 e. The molecule has 27 heavy (non-hydrogen) atoms. The second-order valence-corrected chi connectivity index (χ2v) is 7.60. The molecule has 0 saturated heterocycles. The first-order valence-electron chi connectivity index (χ1n) is 9.64. The molecule has 3 nitrogen and oxygen atoms in total. The van der Waals surface area contributed by atoms with Crippen LogP contribution in [0.5, 0.6) is 0 Å². The maximum Gasteiger partial charge on any atom is 0.0662 e. The third-order valence-electron chi connectivity index (χ3n) is 5.10. The first-order chi connectivity index (χ1) is 13.1. The zero-order valence-electron chi connectivity index (χ0n) is 16.0. The van der Waals surface area contributed by atoms with Gasteiger partial charge in [-0.05, 0) is 75.0 Å². The molecule has 3 rings (SSSR count). The van der Waals surface area contributed by atoms with E-state index >= 15 is 0 Å². The van der Waals surface area contributed by atoms with E-state index in [0.717, 1.165) is 54.5 Å². The van der Waals surface area contributed by atoms with Crippen LogP contribution >= 0.6 is 23.2 Å². The van der Waals surface area contributed by atoms with Gasteiger partial charge in [0.25, 0.3) is 0 Å². The van der Waals surface area contributed by atoms with E-state index in [0.29, 0.717) is 16.6 Å². The third kappa shape index (κ3) is 4.26. The summed E-state index contributed by atoms with van der Waals surface area (Å²) in [6, 6.07) is 12.5. The molecule has 1 aromatic heterocycles. The summed E-state index contributed by atoms with van der Waals surface area (Å²) in [6.07, 6.45) is 2.99. The molecule has 2 aromatic carbocycles. The fraction of sp³-hybridized carbons (Fsp3) is 0.364. The van der Waals surface area contributed by atoms with E-state index in [-0.39, 0.29) is 0 Å². The Kier molecular flexibility index (Phi) is 6.69. The highest BCUT2D eigenvalue weighted by Gasteiger charge is 2.16. The van der Waals surface area contributed by atoms with Crippen molar-refractivity contribution >= 4 is 39.8 Å². The number of benzene rings is 2. The van der Waals surface area contributed by atoms with Gasteiger partial charge in [-0.3, -0.25) is 0 Å². The minimum atomic E-state index is 0.656. The molecule has 0 atom stereocenters. The van der Waals surface area contributed by atoms with Crippen LogP contribution < -0.4 is 10.6 Å². The van der Waals surface area contributed by atoms with Gasteiger partial charge < -0.3 is 15.6 Å². The number of hydrogen-bond acceptors (Lipinski definition) is 2. The first-order valence-corrected chi connectivity index (χ1v) is 10.4. The van der Waals surface area contributed by atoms with Crippen molar-refractivity contribution in [2.75, 3.05) is 24.5 Å². The van der Waals surface area contributed by atoms with Gasteiger partial charge in [-0.15, -0.1) is 0 Å². The Bertz CT molecular complexity index is 896. The van der Waals surface area contributed by atoms with Gasteiger partial charge in [-0.25, -0.2) is 0 Å². The van der Waals surface area contributed by atoms with Gasteiger partial charge in [0.05, 0.1) is 10.5 Å². The monoisotopic (exact) mass is 403 g/mol. The minimum absolute atomic E-state index is 0.656. The van der Waals surface area contributed by atoms with Crippen molar-refractivity contribution < 1.29 is 0 Å². The average Bonchev–Trinajstić information content (AvgIpc) is 3.02. The number of nitrogens with two attached hydrogens (primary N) is 1. The van der Waals surface area contributed by atoms with Crippen molar-refractivity contribution in [3.05, 3.63) is 52.0 Å². The van der Waals surface area contributed by atoms with Crippen LogP contribution in [0.3, 0.4) is 0 Å². The van der Waals surface area contributed by atoms with Crippen molar-refractivity contribution in [3.8, 4) is 11.3 Å². The van der Waals surface area contributed by atoms with Gasteiger partial charge in [0, 0.05) is 34.9 Å². The van der Waals surface area contributed by atoms with Gasteiger partial charge >= 0.3 is 0 Å². The predicted molar refractivity (Wildman–Crippen MR) is 119 cm³/mol. The van der Waals surface area contributed by atoms with Crippen molar-refractivity contribution in [2.45, 2.75) is 33.1 Å². The van der Waals surface area contributed by atoms with Gasteiger partial charge in [0.1, 0.15) is 0 Å². The highest BCUT2D eigenvalue weighted by Crippen LogP contribution is 2.37. The highest BCUT2D eigenvalue weighted by atomic mass is 35.5. The Morgan fingerprint density at radius 2 is 1.70 bits per heavy atom. The number of aromatic amines is 1. The van der Waals surface area contributed by atoms with Crippen molar-refractivity contribution in [3.63, 3.8) is 0 Å². The maximum atomic E-state index is 6.46. The number of H-pyrrole nitrogens is 1. The van der Waals surface area contributed by atoms with E-state index in [1.165, 1.54) is 11.3 Å². The van der Waals surface area contributed by atoms with E-state index in [4.69, 9.17) is 28.9 Å². The number of aromatic nitrogens is 1. The summed E-state index contributed by atoms with van der Waals surface area (Å²) >= 11 is 12.7. The van der Waals surface area contributed by atoms with Crippen molar-refractivity contribution in [1.82, 2.24) is 4.98 Å². The molecular formula is C22H27Cl2N3. The van der Waals surface area contributed by atoms with E-state index < -0.39 is 0 Å². The van der Waals surface area contributed by atoms with Gasteiger partial charge in [0.2, 0.25) is 0 Å². The Morgan fingerprint density at radius 1 is 1.00 bits per heavy atom. The number of anilines is 1. The average molecular weight is 404 g/mol. The Hall–Kier alpha value is -1.68. The van der Waals surface area contributed by atoms with E-state index in [1.54, 1.807) is 6.07 Å². The normalized spacial score (nSPS) is 11.3. The third-order valence-corrected chi connectivity index (χ3v) is 5.61. The number of nitrogens with one attached hydrogen (secondary N) is 1. The lowest BCUT2D eigenvalue weighted by atomic mass is 10.00. The van der Waals surface area contributed by atoms with Gasteiger partial charge in [-0.2, -0.15) is 0 Å². The molecular weight excluding hydrogens is 377 g/mol. The number of halogens is 2. The van der Waals surface area contributed by atoms with Gasteiger partial charge in [-0.1, -0.05) is 35.3 Å². The molecule has 0 saturated carbocycles. The van der Waals surface area contributed by atoms with Crippen LogP contribution in [0.25, 0.3) is 22.2 Å². The Morgan fingerprint density at radius 3 is 2.33 bits per heavy atom. The molecule has 0 spiro atoms. The Labute approximate surface area is 171 Å². The van der Waals surface area contributed by atoms with Crippen LogP contribution in [-0.4, -0.2) is 24.6 Å². The summed E-state index contributed by atoms with van der Waals surface area (Å²) in [5.41, 5.74) is 11.4. The van der Waals surface area contributed by atoms with Crippen LogP contribution in [0.2, 0.25) is 10.0 Å². The molecule has 0 aliphatic rings. The molecule has 5 heteroatoms. The lowest BCUT2D eigenvalue weighted by Crippen LogP contribution is -2.21. The Balaban J connectivity index is 2.06. The first kappa shape index (κ1) is 20.1. The summed E-state index contributed by atoms with van der Waals surface area (Å²) < 4.78 is 0. The quantitative estimate of drug-likeness (QED) is 0.435. The number of rotatable bonds is 8. The number of aryl methyl sites for hydroxylation is 1. The molecule has 0 aliphatic heterocycles. The molecule has 0 aliphatic carbocycles. The van der Waals surface area contributed by atoms with Crippen LogP contribution in [0.1, 0.15) is 32.3 Å². The number of nitrogens with zero attached hydrogens (tertiary/aromatic N) is 1. The molecule has 0 radical (unpaired) electrons. The molecule has 0 amide bonds. The summed E-state index contributed by atoms with van der Waals surface area (Å²) in [5.74, 6) is 0. The number of unbranched alkanes of at least 4 members (excludes halogenated alkanes) is 1. The summed E-state index contributed by atoms with van der Waals surface area (Å²) in [7, 11) is 0. The second-order valence-electron chi connectivity index (χ2n) is 6.75. The maximum absolute atomic E-state index is 6.46. The number of fused-ring (bicyclic) bond motifs is 1. The topological polar surface area (TPSA) is 45.0 Å². The lowest BCUT2D eigenvalue weighted by molar-refractivity contribution is 0.748. The number of hydrogen-bond donors (Lipinski definition) is 2. The van der Waals surface area contributed by atoms with Crippen LogP contribution in [-0.2, 0) is 6.42 Å². The second kappa shape index (κ2) is 9.01. The molecule has 3 N–H and O–H groups in total. The van der Waals surface area contributed by atoms with Crippen LogP contribution in [0, 0.1) is 0 Å². The van der Waals surface area contributed by atoms with E-state index in [1.807, 2.05) is 6.07 Å². The molecule has 0 unspecified atom stereocenters. The summed E-state index contributed by atoms with van der Waals surface area (Å²) in [4.78, 5) is 5.89. The molecule has 0 bridgehead atoms. The summed E-state index contributed by atoms with van der Waals surface area (Å²) in [5, 5.41) is 2.42. The zero-order chi connectivity index (χ0) is 19.4. The standard InChI is InChI=1S/C22H27Cl2N3/c1-3-27(4-2)17-10-8-15(9-11-17)21-18(7-5-6-12-25)19-13-16(23)14-20(24)22(19)26-21/h8-11,13-14,26H,3-7,12,25H2,1-2H3. The van der Waals surface area contributed by atoms with Gasteiger partial charge in [0.15, 0.2) is 0 Å². The molecule has 3 aromatic rings. The van der Waals surface area contributed by atoms with Crippen LogP contribution in [0.4, 0.5) is 5.69 Å². The van der Waals surface area contributed by atoms with E-state index in [2.05, 4.69) is 48.0 Å².